The van der Waals surface area contributed by atoms with E-state index in [-0.39, 0.29) is 12.5 Å². The molecule has 0 aliphatic carbocycles. The summed E-state index contributed by atoms with van der Waals surface area (Å²) < 4.78 is 11.3. The van der Waals surface area contributed by atoms with Crippen molar-refractivity contribution in [1.82, 2.24) is 15.2 Å². The number of benzene rings is 1. The Morgan fingerprint density at radius 1 is 1.07 bits per heavy atom. The zero-order valence-corrected chi connectivity index (χ0v) is 15.3. The number of carbonyl (C=O) groups is 2. The number of urea groups is 1. The fourth-order valence-corrected chi connectivity index (χ4v) is 3.14. The van der Waals surface area contributed by atoms with Gasteiger partial charge in [-0.2, -0.15) is 0 Å². The summed E-state index contributed by atoms with van der Waals surface area (Å²) in [6, 6.07) is 12.4. The lowest BCUT2D eigenvalue weighted by atomic mass is 9.99. The smallest absolute Gasteiger partial charge is 0.325 e. The molecule has 2 aromatic heterocycles. The van der Waals surface area contributed by atoms with Gasteiger partial charge in [0.15, 0.2) is 5.54 Å². The molecule has 138 valence electrons. The topological polar surface area (TPSA) is 88.6 Å². The van der Waals surface area contributed by atoms with E-state index in [2.05, 4.69) is 10.3 Å². The molecule has 0 bridgehead atoms. The molecule has 1 N–H and O–H groups in total. The van der Waals surface area contributed by atoms with Crippen LogP contribution in [0, 0.1) is 13.8 Å². The van der Waals surface area contributed by atoms with Gasteiger partial charge in [-0.3, -0.25) is 9.69 Å². The molecule has 0 saturated carbocycles. The van der Waals surface area contributed by atoms with Crippen molar-refractivity contribution in [2.45, 2.75) is 32.9 Å². The van der Waals surface area contributed by atoms with E-state index in [1.54, 1.807) is 32.9 Å². The van der Waals surface area contributed by atoms with Crippen LogP contribution in [-0.2, 0) is 16.9 Å². The van der Waals surface area contributed by atoms with Crippen molar-refractivity contribution in [3.8, 4) is 11.5 Å². The number of carbonyl (C=O) groups excluding carboxylic acids is 2. The van der Waals surface area contributed by atoms with Crippen LogP contribution in [0.25, 0.3) is 11.5 Å². The third kappa shape index (κ3) is 2.81. The molecule has 7 nitrogen and oxygen atoms in total. The predicted molar refractivity (Wildman–Crippen MR) is 96.6 cm³/mol. The molecule has 1 aliphatic heterocycles. The van der Waals surface area contributed by atoms with Gasteiger partial charge in [0.25, 0.3) is 5.91 Å². The Kier molecular flexibility index (Phi) is 3.87. The molecule has 3 amide bonds. The van der Waals surface area contributed by atoms with Crippen LogP contribution in [-0.4, -0.2) is 21.8 Å². The van der Waals surface area contributed by atoms with Crippen molar-refractivity contribution in [3.63, 3.8) is 0 Å². The van der Waals surface area contributed by atoms with Crippen LogP contribution in [0.5, 0.6) is 0 Å². The monoisotopic (exact) mass is 365 g/mol. The van der Waals surface area contributed by atoms with E-state index in [0.29, 0.717) is 28.9 Å². The number of rotatable bonds is 4. The van der Waals surface area contributed by atoms with Crippen molar-refractivity contribution in [1.29, 1.82) is 0 Å². The fourth-order valence-electron chi connectivity index (χ4n) is 3.14. The summed E-state index contributed by atoms with van der Waals surface area (Å²) in [6.07, 6.45) is 0. The summed E-state index contributed by atoms with van der Waals surface area (Å²) in [5, 5.41) is 2.72. The average Bonchev–Trinajstić information content (AvgIpc) is 3.30. The molecule has 3 aromatic rings. The second kappa shape index (κ2) is 6.12. The number of aryl methyl sites for hydroxylation is 2. The largest absolute Gasteiger partial charge is 0.463 e. The molecule has 1 saturated heterocycles. The molecule has 1 atom stereocenters. The predicted octanol–water partition coefficient (Wildman–Crippen LogP) is 3.52. The quantitative estimate of drug-likeness (QED) is 0.715. The second-order valence-electron chi connectivity index (χ2n) is 6.74. The van der Waals surface area contributed by atoms with E-state index >= 15 is 0 Å². The van der Waals surface area contributed by atoms with E-state index in [0.717, 1.165) is 10.5 Å². The number of hydrogen-bond donors (Lipinski definition) is 1. The van der Waals surface area contributed by atoms with Gasteiger partial charge < -0.3 is 14.2 Å². The molecule has 1 fully saturated rings. The number of nitrogens with one attached hydrogen (secondary N) is 1. The van der Waals surface area contributed by atoms with Crippen molar-refractivity contribution < 1.29 is 18.4 Å². The standard InChI is InChI=1S/C20H19N3O4/c1-12-9-10-16(26-12)20(3)18(24)23(19(25)22-20)11-15-13(2)27-17(21-15)14-7-5-4-6-8-14/h4-10H,11H2,1-3H3,(H,22,25). The first kappa shape index (κ1) is 17.1. The molecule has 4 rings (SSSR count). The van der Waals surface area contributed by atoms with E-state index in [1.807, 2.05) is 30.3 Å². The summed E-state index contributed by atoms with van der Waals surface area (Å²) in [4.78, 5) is 31.0. The van der Waals surface area contributed by atoms with Gasteiger partial charge in [-0.15, -0.1) is 0 Å². The summed E-state index contributed by atoms with van der Waals surface area (Å²) in [6.45, 7) is 5.22. The molecule has 0 radical (unpaired) electrons. The molecule has 3 heterocycles. The number of amides is 3. The molecule has 1 aliphatic rings. The van der Waals surface area contributed by atoms with Gasteiger partial charge in [0.05, 0.1) is 6.54 Å². The van der Waals surface area contributed by atoms with Gasteiger partial charge in [0.1, 0.15) is 23.0 Å². The van der Waals surface area contributed by atoms with Crippen molar-refractivity contribution in [2.75, 3.05) is 0 Å². The Bertz CT molecular complexity index is 1020. The van der Waals surface area contributed by atoms with E-state index in [1.165, 1.54) is 0 Å². The lowest BCUT2D eigenvalue weighted by Gasteiger charge is -2.18. The van der Waals surface area contributed by atoms with Crippen LogP contribution in [0.15, 0.2) is 51.3 Å². The van der Waals surface area contributed by atoms with Crippen molar-refractivity contribution in [3.05, 3.63) is 65.4 Å². The molecule has 27 heavy (non-hydrogen) atoms. The minimum atomic E-state index is -1.23. The van der Waals surface area contributed by atoms with Crippen LogP contribution in [0.1, 0.15) is 29.9 Å². The summed E-state index contributed by atoms with van der Waals surface area (Å²) in [7, 11) is 0. The summed E-state index contributed by atoms with van der Waals surface area (Å²) in [5.41, 5.74) is 0.141. The molecule has 7 heteroatoms. The van der Waals surface area contributed by atoms with Crippen LogP contribution >= 0.6 is 0 Å². The zero-order chi connectivity index (χ0) is 19.2. The normalized spacial score (nSPS) is 19.6. The SMILES string of the molecule is Cc1ccc(C2(C)NC(=O)N(Cc3nc(-c4ccccc4)oc3C)C2=O)o1. The van der Waals surface area contributed by atoms with Gasteiger partial charge in [-0.1, -0.05) is 18.2 Å². The number of aromatic nitrogens is 1. The molecule has 1 unspecified atom stereocenters. The second-order valence-corrected chi connectivity index (χ2v) is 6.74. The highest BCUT2D eigenvalue weighted by Crippen LogP contribution is 2.31. The highest BCUT2D eigenvalue weighted by molar-refractivity contribution is 6.06. The van der Waals surface area contributed by atoms with Crippen molar-refractivity contribution in [2.24, 2.45) is 0 Å². The third-order valence-electron chi connectivity index (χ3n) is 4.73. The van der Waals surface area contributed by atoms with E-state index < -0.39 is 11.6 Å². The lowest BCUT2D eigenvalue weighted by molar-refractivity contribution is -0.132. The van der Waals surface area contributed by atoms with Crippen molar-refractivity contribution >= 4 is 11.9 Å². The highest BCUT2D eigenvalue weighted by Gasteiger charge is 2.51. The first-order chi connectivity index (χ1) is 12.9. The maximum absolute atomic E-state index is 13.0. The Morgan fingerprint density at radius 2 is 1.81 bits per heavy atom. The Labute approximate surface area is 156 Å². The molecule has 0 spiro atoms. The third-order valence-corrected chi connectivity index (χ3v) is 4.73. The number of hydrogen-bond acceptors (Lipinski definition) is 5. The minimum absolute atomic E-state index is 0.0299. The van der Waals surface area contributed by atoms with Crippen LogP contribution in [0.4, 0.5) is 4.79 Å². The van der Waals surface area contributed by atoms with Crippen LogP contribution in [0.2, 0.25) is 0 Å². The minimum Gasteiger partial charge on any atom is -0.463 e. The lowest BCUT2D eigenvalue weighted by Crippen LogP contribution is -2.40. The fraction of sp³-hybridized carbons (Fsp3) is 0.250. The first-order valence-corrected chi connectivity index (χ1v) is 8.61. The summed E-state index contributed by atoms with van der Waals surface area (Å²) in [5.74, 6) is 1.72. The van der Waals surface area contributed by atoms with E-state index in [4.69, 9.17) is 8.83 Å². The number of furan rings is 1. The molecular formula is C20H19N3O4. The van der Waals surface area contributed by atoms with E-state index in [9.17, 15) is 9.59 Å². The highest BCUT2D eigenvalue weighted by atomic mass is 16.4. The number of oxazole rings is 1. The van der Waals surface area contributed by atoms with Gasteiger partial charge >= 0.3 is 6.03 Å². The van der Waals surface area contributed by atoms with Crippen LogP contribution in [0.3, 0.4) is 0 Å². The first-order valence-electron chi connectivity index (χ1n) is 8.61. The van der Waals surface area contributed by atoms with Gasteiger partial charge in [-0.05, 0) is 45.0 Å². The molecular weight excluding hydrogens is 346 g/mol. The van der Waals surface area contributed by atoms with Gasteiger partial charge in [-0.25, -0.2) is 9.78 Å². The maximum Gasteiger partial charge on any atom is 0.325 e. The maximum atomic E-state index is 13.0. The zero-order valence-electron chi connectivity index (χ0n) is 15.3. The Balaban J connectivity index is 1.61. The van der Waals surface area contributed by atoms with Crippen LogP contribution < -0.4 is 5.32 Å². The Hall–Kier alpha value is -3.35. The number of nitrogens with zero attached hydrogens (tertiary/aromatic N) is 2. The average molecular weight is 365 g/mol. The van der Waals surface area contributed by atoms with Gasteiger partial charge in [0.2, 0.25) is 5.89 Å². The number of imide groups is 1. The van der Waals surface area contributed by atoms with Gasteiger partial charge in [0, 0.05) is 5.56 Å². The summed E-state index contributed by atoms with van der Waals surface area (Å²) >= 11 is 0. The Morgan fingerprint density at radius 3 is 2.48 bits per heavy atom. The molecule has 1 aromatic carbocycles.